The van der Waals surface area contributed by atoms with Crippen molar-refractivity contribution in [3.63, 3.8) is 0 Å². The van der Waals surface area contributed by atoms with Gasteiger partial charge in [0.2, 0.25) is 5.91 Å². The lowest BCUT2D eigenvalue weighted by Crippen LogP contribution is -2.13. The molecule has 92 valence electrons. The largest absolute Gasteiger partial charge is 0.336 e. The molecule has 1 amide bonds. The summed E-state index contributed by atoms with van der Waals surface area (Å²) in [4.78, 5) is 12.9. The number of carbonyl (C=O) groups is 1. The Morgan fingerprint density at radius 1 is 1.29 bits per heavy atom. The van der Waals surface area contributed by atoms with E-state index in [-0.39, 0.29) is 23.9 Å². The maximum Gasteiger partial charge on any atom is 0.222 e. The first-order chi connectivity index (χ1) is 8.02. The summed E-state index contributed by atoms with van der Waals surface area (Å²) in [5, 5.41) is 0. The van der Waals surface area contributed by atoms with Gasteiger partial charge in [0, 0.05) is 19.0 Å². The van der Waals surface area contributed by atoms with Gasteiger partial charge in [-0.1, -0.05) is 6.92 Å². The Labute approximate surface area is 97.0 Å². The van der Waals surface area contributed by atoms with E-state index in [0.29, 0.717) is 19.0 Å². The second-order valence-electron chi connectivity index (χ2n) is 4.12. The SMILES string of the molecule is CCC(=O)N1CC1Cc1cc(F)c(F)cc1F. The van der Waals surface area contributed by atoms with E-state index in [1.54, 1.807) is 11.8 Å². The lowest BCUT2D eigenvalue weighted by molar-refractivity contribution is -0.125. The molecule has 2 nitrogen and oxygen atoms in total. The average Bonchev–Trinajstić information content (AvgIpc) is 3.04. The second-order valence-corrected chi connectivity index (χ2v) is 4.12. The molecule has 1 aromatic rings. The molecule has 1 atom stereocenters. The summed E-state index contributed by atoms with van der Waals surface area (Å²) in [6, 6.07) is 1.32. The molecule has 1 unspecified atom stereocenters. The molecule has 1 saturated heterocycles. The van der Waals surface area contributed by atoms with Crippen LogP contribution >= 0.6 is 0 Å². The quantitative estimate of drug-likeness (QED) is 0.589. The summed E-state index contributed by atoms with van der Waals surface area (Å²) in [5.41, 5.74) is 0.111. The van der Waals surface area contributed by atoms with Gasteiger partial charge >= 0.3 is 0 Å². The van der Waals surface area contributed by atoms with E-state index >= 15 is 0 Å². The van der Waals surface area contributed by atoms with Crippen LogP contribution in [0.4, 0.5) is 13.2 Å². The molecule has 1 fully saturated rings. The number of carbonyl (C=O) groups excluding carboxylic acids is 1. The molecule has 1 aliphatic rings. The predicted octanol–water partition coefficient (Wildman–Crippen LogP) is 2.27. The van der Waals surface area contributed by atoms with Crippen LogP contribution in [0, 0.1) is 17.5 Å². The zero-order valence-electron chi connectivity index (χ0n) is 9.34. The van der Waals surface area contributed by atoms with E-state index in [4.69, 9.17) is 0 Å². The van der Waals surface area contributed by atoms with Crippen LogP contribution in [0.25, 0.3) is 0 Å². The molecule has 1 aliphatic heterocycles. The lowest BCUT2D eigenvalue weighted by Gasteiger charge is -2.04. The smallest absolute Gasteiger partial charge is 0.222 e. The lowest BCUT2D eigenvalue weighted by atomic mass is 10.1. The van der Waals surface area contributed by atoms with E-state index < -0.39 is 17.5 Å². The van der Waals surface area contributed by atoms with Crippen molar-refractivity contribution in [1.82, 2.24) is 4.90 Å². The van der Waals surface area contributed by atoms with Crippen LogP contribution in [-0.4, -0.2) is 23.4 Å². The van der Waals surface area contributed by atoms with Crippen molar-refractivity contribution in [2.75, 3.05) is 6.54 Å². The van der Waals surface area contributed by atoms with E-state index in [1.807, 2.05) is 0 Å². The van der Waals surface area contributed by atoms with Crippen molar-refractivity contribution in [2.24, 2.45) is 0 Å². The number of halogens is 3. The number of rotatable bonds is 3. The first-order valence-corrected chi connectivity index (χ1v) is 5.45. The Kier molecular flexibility index (Phi) is 3.09. The molecule has 0 aromatic heterocycles. The fourth-order valence-corrected chi connectivity index (χ4v) is 1.84. The van der Waals surface area contributed by atoms with E-state index in [9.17, 15) is 18.0 Å². The third-order valence-corrected chi connectivity index (χ3v) is 2.88. The molecule has 5 heteroatoms. The van der Waals surface area contributed by atoms with Crippen molar-refractivity contribution < 1.29 is 18.0 Å². The van der Waals surface area contributed by atoms with E-state index in [2.05, 4.69) is 0 Å². The Morgan fingerprint density at radius 3 is 2.59 bits per heavy atom. The number of amides is 1. The normalized spacial score (nSPS) is 18.4. The highest BCUT2D eigenvalue weighted by Gasteiger charge is 2.37. The van der Waals surface area contributed by atoms with Crippen molar-refractivity contribution >= 4 is 5.91 Å². The van der Waals surface area contributed by atoms with Gasteiger partial charge in [0.15, 0.2) is 11.6 Å². The van der Waals surface area contributed by atoms with Gasteiger partial charge in [-0.2, -0.15) is 0 Å². The molecule has 17 heavy (non-hydrogen) atoms. The minimum atomic E-state index is -1.19. The van der Waals surface area contributed by atoms with Gasteiger partial charge in [0.1, 0.15) is 5.82 Å². The average molecular weight is 243 g/mol. The maximum atomic E-state index is 13.3. The van der Waals surface area contributed by atoms with Gasteiger partial charge in [-0.25, -0.2) is 13.2 Å². The maximum absolute atomic E-state index is 13.3. The monoisotopic (exact) mass is 243 g/mol. The summed E-state index contributed by atoms with van der Waals surface area (Å²) in [5.74, 6) is -3.02. The topological polar surface area (TPSA) is 20.1 Å². The van der Waals surface area contributed by atoms with Crippen LogP contribution in [0.5, 0.6) is 0 Å². The van der Waals surface area contributed by atoms with E-state index in [1.165, 1.54) is 0 Å². The molecule has 2 rings (SSSR count). The van der Waals surface area contributed by atoms with Crippen molar-refractivity contribution in [2.45, 2.75) is 25.8 Å². The van der Waals surface area contributed by atoms with Crippen LogP contribution in [0.3, 0.4) is 0 Å². The minimum Gasteiger partial charge on any atom is -0.336 e. The van der Waals surface area contributed by atoms with Crippen LogP contribution in [0.15, 0.2) is 12.1 Å². The zero-order valence-corrected chi connectivity index (χ0v) is 9.34. The summed E-state index contributed by atoms with van der Waals surface area (Å²) in [6.45, 7) is 2.31. The summed E-state index contributed by atoms with van der Waals surface area (Å²) in [6.07, 6.45) is 0.630. The predicted molar refractivity (Wildman–Crippen MR) is 55.8 cm³/mol. The number of hydrogen-bond acceptors (Lipinski definition) is 1. The molecule has 1 aromatic carbocycles. The first kappa shape index (κ1) is 12.0. The van der Waals surface area contributed by atoms with Gasteiger partial charge in [0.05, 0.1) is 6.04 Å². The number of nitrogens with zero attached hydrogens (tertiary/aromatic N) is 1. The summed E-state index contributed by atoms with van der Waals surface area (Å²) < 4.78 is 38.9. The van der Waals surface area contributed by atoms with Gasteiger partial charge in [-0.3, -0.25) is 4.79 Å². The van der Waals surface area contributed by atoms with Gasteiger partial charge in [-0.15, -0.1) is 0 Å². The molecule has 0 spiro atoms. The van der Waals surface area contributed by atoms with Crippen molar-refractivity contribution in [3.8, 4) is 0 Å². The number of hydrogen-bond donors (Lipinski definition) is 0. The third-order valence-electron chi connectivity index (χ3n) is 2.88. The second kappa shape index (κ2) is 4.39. The molecular formula is C12H12F3NO. The molecule has 1 heterocycles. The molecular weight excluding hydrogens is 231 g/mol. The van der Waals surface area contributed by atoms with Crippen molar-refractivity contribution in [1.29, 1.82) is 0 Å². The molecule has 0 aliphatic carbocycles. The fraction of sp³-hybridized carbons (Fsp3) is 0.417. The van der Waals surface area contributed by atoms with Crippen molar-refractivity contribution in [3.05, 3.63) is 35.1 Å². The molecule has 0 N–H and O–H groups in total. The van der Waals surface area contributed by atoms with Gasteiger partial charge in [-0.05, 0) is 18.1 Å². The van der Waals surface area contributed by atoms with Crippen LogP contribution in [-0.2, 0) is 11.2 Å². The number of benzene rings is 1. The van der Waals surface area contributed by atoms with E-state index in [0.717, 1.165) is 6.07 Å². The summed E-state index contributed by atoms with van der Waals surface area (Å²) >= 11 is 0. The Bertz CT molecular complexity index is 461. The highest BCUT2D eigenvalue weighted by atomic mass is 19.2. The zero-order chi connectivity index (χ0) is 12.6. The van der Waals surface area contributed by atoms with Crippen LogP contribution in [0.1, 0.15) is 18.9 Å². The molecule has 0 radical (unpaired) electrons. The first-order valence-electron chi connectivity index (χ1n) is 5.45. The fourth-order valence-electron chi connectivity index (χ4n) is 1.84. The van der Waals surface area contributed by atoms with Crippen LogP contribution < -0.4 is 0 Å². The van der Waals surface area contributed by atoms with Crippen LogP contribution in [0.2, 0.25) is 0 Å². The highest BCUT2D eigenvalue weighted by molar-refractivity contribution is 5.78. The highest BCUT2D eigenvalue weighted by Crippen LogP contribution is 2.25. The third kappa shape index (κ3) is 2.43. The Morgan fingerprint density at radius 2 is 1.94 bits per heavy atom. The molecule has 0 bridgehead atoms. The Balaban J connectivity index is 2.06. The Hall–Kier alpha value is -1.52. The molecule has 0 saturated carbocycles. The van der Waals surface area contributed by atoms with Gasteiger partial charge < -0.3 is 4.90 Å². The standard InChI is InChI=1S/C12H12F3NO/c1-2-12(17)16-6-8(16)3-7-4-10(14)11(15)5-9(7)13/h4-5,8H,2-3,6H2,1H3. The minimum absolute atomic E-state index is 0.00186. The van der Waals surface area contributed by atoms with Gasteiger partial charge in [0.25, 0.3) is 0 Å². The summed E-state index contributed by atoms with van der Waals surface area (Å²) in [7, 11) is 0.